The van der Waals surface area contributed by atoms with E-state index in [2.05, 4.69) is 16.1 Å². The number of aromatic nitrogens is 2. The van der Waals surface area contributed by atoms with Crippen LogP contribution in [0.5, 0.6) is 0 Å². The zero-order valence-corrected chi connectivity index (χ0v) is 15.6. The molecule has 3 rings (SSSR count). The van der Waals surface area contributed by atoms with E-state index < -0.39 is 0 Å². The zero-order valence-electron chi connectivity index (χ0n) is 15.6. The smallest absolute Gasteiger partial charge is 0.310 e. The fourth-order valence-electron chi connectivity index (χ4n) is 4.41. The molecule has 7 heteroatoms. The molecule has 0 aromatic carbocycles. The van der Waals surface area contributed by atoms with Gasteiger partial charge in [-0.2, -0.15) is 5.10 Å². The lowest BCUT2D eigenvalue weighted by Crippen LogP contribution is -2.56. The molecule has 2 aliphatic rings. The van der Waals surface area contributed by atoms with Crippen molar-refractivity contribution >= 4 is 11.9 Å². The van der Waals surface area contributed by atoms with Gasteiger partial charge in [0, 0.05) is 30.9 Å². The molecule has 2 saturated heterocycles. The number of aryl methyl sites for hydroxylation is 2. The van der Waals surface area contributed by atoms with E-state index in [-0.39, 0.29) is 29.9 Å². The van der Waals surface area contributed by atoms with Crippen molar-refractivity contribution in [2.24, 2.45) is 5.92 Å². The number of esters is 1. The highest BCUT2D eigenvalue weighted by Gasteiger charge is 2.49. The summed E-state index contributed by atoms with van der Waals surface area (Å²) in [5.74, 6) is -0.258. The molecule has 0 N–H and O–H groups in total. The Morgan fingerprint density at radius 1 is 1.36 bits per heavy atom. The minimum atomic E-state index is -0.195. The molecule has 2 aliphatic heterocycles. The van der Waals surface area contributed by atoms with Crippen LogP contribution in [0.15, 0.2) is 6.07 Å². The summed E-state index contributed by atoms with van der Waals surface area (Å²) in [6, 6.07) is 2.14. The number of amides is 1. The topological polar surface area (TPSA) is 67.7 Å². The van der Waals surface area contributed by atoms with Gasteiger partial charge >= 0.3 is 5.97 Å². The molecule has 0 aliphatic carbocycles. The highest BCUT2D eigenvalue weighted by molar-refractivity contribution is 5.82. The van der Waals surface area contributed by atoms with Crippen molar-refractivity contribution in [2.75, 3.05) is 26.7 Å². The molecular weight excluding hydrogens is 320 g/mol. The molecule has 0 unspecified atom stereocenters. The Labute approximate surface area is 148 Å². The predicted molar refractivity (Wildman–Crippen MR) is 93.0 cm³/mol. The fraction of sp³-hybridized carbons (Fsp3) is 0.722. The molecule has 1 aromatic heterocycles. The number of fused-ring (bicyclic) bond motifs is 1. The second-order valence-electron chi connectivity index (χ2n) is 7.18. The van der Waals surface area contributed by atoms with Gasteiger partial charge in [0.1, 0.15) is 0 Å². The first kappa shape index (κ1) is 17.9. The van der Waals surface area contributed by atoms with Gasteiger partial charge in [-0.1, -0.05) is 6.92 Å². The van der Waals surface area contributed by atoms with Gasteiger partial charge in [-0.15, -0.1) is 0 Å². The van der Waals surface area contributed by atoms with Gasteiger partial charge in [0.25, 0.3) is 0 Å². The minimum Gasteiger partial charge on any atom is -0.469 e. The molecular formula is C18H28N4O3. The Kier molecular flexibility index (Phi) is 5.13. The van der Waals surface area contributed by atoms with E-state index in [0.29, 0.717) is 13.0 Å². The molecule has 2 fully saturated rings. The molecule has 25 heavy (non-hydrogen) atoms. The van der Waals surface area contributed by atoms with Crippen LogP contribution in [0.25, 0.3) is 0 Å². The summed E-state index contributed by atoms with van der Waals surface area (Å²) in [5, 5.41) is 4.49. The molecule has 7 nitrogen and oxygen atoms in total. The average molecular weight is 348 g/mol. The molecule has 1 amide bonds. The number of methoxy groups -OCH3 is 1. The Balaban J connectivity index is 1.65. The SMILES string of the molecule is CC[C@H]1[C@@H](C(=O)OC)C[C@H]2CN(CCn3nc(C)cc3C)CC(=O)N21. The highest BCUT2D eigenvalue weighted by Crippen LogP contribution is 2.35. The number of carbonyl (C=O) groups is 2. The van der Waals surface area contributed by atoms with E-state index in [1.807, 2.05) is 30.4 Å². The Bertz CT molecular complexity index is 657. The fourth-order valence-corrected chi connectivity index (χ4v) is 4.41. The van der Waals surface area contributed by atoms with Gasteiger partial charge in [0.15, 0.2) is 0 Å². The van der Waals surface area contributed by atoms with Crippen LogP contribution in [0, 0.1) is 19.8 Å². The van der Waals surface area contributed by atoms with E-state index in [1.165, 1.54) is 7.11 Å². The van der Waals surface area contributed by atoms with Crippen LogP contribution in [-0.2, 0) is 20.9 Å². The highest BCUT2D eigenvalue weighted by atomic mass is 16.5. The van der Waals surface area contributed by atoms with Crippen LogP contribution in [0.2, 0.25) is 0 Å². The summed E-state index contributed by atoms with van der Waals surface area (Å²) in [4.78, 5) is 28.9. The van der Waals surface area contributed by atoms with E-state index >= 15 is 0 Å². The van der Waals surface area contributed by atoms with Gasteiger partial charge in [-0.05, 0) is 32.8 Å². The summed E-state index contributed by atoms with van der Waals surface area (Å²) >= 11 is 0. The number of nitrogens with zero attached hydrogens (tertiary/aromatic N) is 4. The largest absolute Gasteiger partial charge is 0.469 e. The van der Waals surface area contributed by atoms with E-state index in [9.17, 15) is 9.59 Å². The molecule has 0 spiro atoms. The van der Waals surface area contributed by atoms with E-state index in [1.54, 1.807) is 0 Å². The van der Waals surface area contributed by atoms with Gasteiger partial charge in [0.05, 0.1) is 31.8 Å². The first-order valence-corrected chi connectivity index (χ1v) is 9.07. The van der Waals surface area contributed by atoms with Crippen LogP contribution in [-0.4, -0.2) is 70.3 Å². The van der Waals surface area contributed by atoms with Crippen molar-refractivity contribution in [3.8, 4) is 0 Å². The number of carbonyl (C=O) groups excluding carboxylic acids is 2. The van der Waals surface area contributed by atoms with Crippen molar-refractivity contribution in [2.45, 2.75) is 52.2 Å². The number of piperazine rings is 1. The maximum atomic E-state index is 12.7. The van der Waals surface area contributed by atoms with Crippen molar-refractivity contribution in [1.82, 2.24) is 19.6 Å². The summed E-state index contributed by atoms with van der Waals surface area (Å²) in [6.45, 7) is 8.87. The second-order valence-corrected chi connectivity index (χ2v) is 7.18. The monoisotopic (exact) mass is 348 g/mol. The Morgan fingerprint density at radius 3 is 2.72 bits per heavy atom. The van der Waals surface area contributed by atoms with Gasteiger partial charge in [-0.25, -0.2) is 0 Å². The maximum Gasteiger partial charge on any atom is 0.310 e. The summed E-state index contributed by atoms with van der Waals surface area (Å²) in [6.07, 6.45) is 1.49. The third kappa shape index (κ3) is 3.42. The summed E-state index contributed by atoms with van der Waals surface area (Å²) < 4.78 is 6.95. The lowest BCUT2D eigenvalue weighted by atomic mass is 9.97. The van der Waals surface area contributed by atoms with Gasteiger partial charge in [0.2, 0.25) is 5.91 Å². The number of rotatable bonds is 5. The number of hydrogen-bond acceptors (Lipinski definition) is 5. The Morgan fingerprint density at radius 2 is 2.12 bits per heavy atom. The van der Waals surface area contributed by atoms with Crippen LogP contribution in [0.1, 0.15) is 31.2 Å². The van der Waals surface area contributed by atoms with Gasteiger partial charge in [-0.3, -0.25) is 19.2 Å². The normalized spacial score (nSPS) is 26.8. The molecule has 138 valence electrons. The third-order valence-corrected chi connectivity index (χ3v) is 5.51. The quantitative estimate of drug-likeness (QED) is 0.742. The van der Waals surface area contributed by atoms with Gasteiger partial charge < -0.3 is 9.64 Å². The molecule has 3 atom stereocenters. The van der Waals surface area contributed by atoms with Crippen LogP contribution >= 0.6 is 0 Å². The number of hydrogen-bond donors (Lipinski definition) is 0. The lowest BCUT2D eigenvalue weighted by molar-refractivity contribution is -0.147. The lowest BCUT2D eigenvalue weighted by Gasteiger charge is -2.39. The van der Waals surface area contributed by atoms with Crippen molar-refractivity contribution < 1.29 is 14.3 Å². The zero-order chi connectivity index (χ0) is 18.1. The maximum absolute atomic E-state index is 12.7. The van der Waals surface area contributed by atoms with Crippen molar-refractivity contribution in [1.29, 1.82) is 0 Å². The predicted octanol–water partition coefficient (Wildman–Crippen LogP) is 0.984. The minimum absolute atomic E-state index is 0.0249. The summed E-state index contributed by atoms with van der Waals surface area (Å²) in [5.41, 5.74) is 2.15. The van der Waals surface area contributed by atoms with Crippen LogP contribution in [0.3, 0.4) is 0 Å². The van der Waals surface area contributed by atoms with E-state index in [0.717, 1.165) is 37.4 Å². The second kappa shape index (κ2) is 7.15. The standard InChI is InChI=1S/C18H28N4O3/c1-5-16-15(18(24)25-4)9-14-10-20(11-17(23)22(14)16)6-7-21-13(3)8-12(2)19-21/h8,14-16H,5-7,9-11H2,1-4H3/t14-,15-,16-/m0/s1. The third-order valence-electron chi connectivity index (χ3n) is 5.51. The molecule has 0 bridgehead atoms. The van der Waals surface area contributed by atoms with Crippen LogP contribution < -0.4 is 0 Å². The Hall–Kier alpha value is -1.89. The number of ether oxygens (including phenoxy) is 1. The van der Waals surface area contributed by atoms with Crippen molar-refractivity contribution in [3.63, 3.8) is 0 Å². The first-order chi connectivity index (χ1) is 11.9. The summed E-state index contributed by atoms with van der Waals surface area (Å²) in [7, 11) is 1.43. The van der Waals surface area contributed by atoms with Crippen molar-refractivity contribution in [3.05, 3.63) is 17.5 Å². The molecule has 3 heterocycles. The molecule has 0 radical (unpaired) electrons. The van der Waals surface area contributed by atoms with E-state index in [4.69, 9.17) is 4.74 Å². The first-order valence-electron chi connectivity index (χ1n) is 9.07. The molecule has 1 aromatic rings. The molecule has 0 saturated carbocycles. The van der Waals surface area contributed by atoms with Crippen LogP contribution in [0.4, 0.5) is 0 Å². The average Bonchev–Trinajstić information content (AvgIpc) is 3.11.